The van der Waals surface area contributed by atoms with Crippen molar-refractivity contribution in [1.82, 2.24) is 19.6 Å². The topological polar surface area (TPSA) is 50.6 Å². The number of amides is 1. The van der Waals surface area contributed by atoms with Crippen molar-refractivity contribution in [3.8, 4) is 0 Å². The number of rotatable bonds is 4. The van der Waals surface area contributed by atoms with Crippen LogP contribution in [0.15, 0.2) is 12.3 Å². The first-order chi connectivity index (χ1) is 9.02. The van der Waals surface area contributed by atoms with E-state index in [9.17, 15) is 4.79 Å². The van der Waals surface area contributed by atoms with Gasteiger partial charge < -0.3 is 9.64 Å². The highest BCUT2D eigenvalue weighted by atomic mass is 16.5. The van der Waals surface area contributed by atoms with Crippen molar-refractivity contribution in [1.29, 1.82) is 0 Å². The molecule has 2 rings (SSSR count). The van der Waals surface area contributed by atoms with Gasteiger partial charge in [0.05, 0.1) is 6.10 Å². The molecule has 0 unspecified atom stereocenters. The van der Waals surface area contributed by atoms with Crippen LogP contribution in [0.4, 0.5) is 0 Å². The molecule has 0 aliphatic carbocycles. The number of carbonyl (C=O) groups is 1. The van der Waals surface area contributed by atoms with Crippen LogP contribution in [-0.4, -0.2) is 71.9 Å². The van der Waals surface area contributed by atoms with Crippen LogP contribution in [0.1, 0.15) is 16.9 Å². The fourth-order valence-corrected chi connectivity index (χ4v) is 2.59. The average molecular weight is 266 g/mol. The van der Waals surface area contributed by atoms with Crippen LogP contribution in [0.25, 0.3) is 0 Å². The van der Waals surface area contributed by atoms with Crippen molar-refractivity contribution < 1.29 is 9.53 Å². The number of carbonyl (C=O) groups excluding carboxylic acids is 1. The number of nitrogens with zero attached hydrogens (tertiary/aromatic N) is 4. The molecule has 0 spiro atoms. The molecule has 1 aromatic rings. The standard InChI is InChI=1S/C13H22N4O2/c1-15-9-11(19-4)7-10(15)8-16(2)13(18)12-5-6-14-17(12)3/h5-6,10-11H,7-9H2,1-4H3/t10-,11-/m0/s1. The molecule has 1 amide bonds. The summed E-state index contributed by atoms with van der Waals surface area (Å²) in [5.74, 6) is 0.00858. The Balaban J connectivity index is 1.96. The van der Waals surface area contributed by atoms with Gasteiger partial charge in [0.25, 0.3) is 5.91 Å². The minimum Gasteiger partial charge on any atom is -0.380 e. The minimum absolute atomic E-state index is 0.00858. The van der Waals surface area contributed by atoms with E-state index in [1.807, 2.05) is 7.05 Å². The van der Waals surface area contributed by atoms with E-state index < -0.39 is 0 Å². The molecule has 2 atom stereocenters. The van der Waals surface area contributed by atoms with Gasteiger partial charge >= 0.3 is 0 Å². The Hall–Kier alpha value is -1.40. The van der Waals surface area contributed by atoms with Crippen LogP contribution in [-0.2, 0) is 11.8 Å². The van der Waals surface area contributed by atoms with Gasteiger partial charge in [-0.2, -0.15) is 5.10 Å². The number of likely N-dealkylation sites (N-methyl/N-ethyl adjacent to an activating group) is 2. The summed E-state index contributed by atoms with van der Waals surface area (Å²) in [6.07, 6.45) is 2.88. The van der Waals surface area contributed by atoms with Crippen LogP contribution in [0.3, 0.4) is 0 Å². The van der Waals surface area contributed by atoms with Gasteiger partial charge in [0.15, 0.2) is 0 Å². The lowest BCUT2D eigenvalue weighted by Gasteiger charge is -2.25. The van der Waals surface area contributed by atoms with Gasteiger partial charge in [-0.25, -0.2) is 0 Å². The predicted molar refractivity (Wildman–Crippen MR) is 72.0 cm³/mol. The first-order valence-corrected chi connectivity index (χ1v) is 6.49. The maximum atomic E-state index is 12.3. The van der Waals surface area contributed by atoms with Gasteiger partial charge in [0.2, 0.25) is 0 Å². The zero-order valence-electron chi connectivity index (χ0n) is 12.0. The maximum Gasteiger partial charge on any atom is 0.271 e. The molecule has 1 aromatic heterocycles. The molecule has 19 heavy (non-hydrogen) atoms. The van der Waals surface area contributed by atoms with Gasteiger partial charge in [-0.05, 0) is 19.5 Å². The minimum atomic E-state index is 0.00858. The lowest BCUT2D eigenvalue weighted by atomic mass is 10.2. The summed E-state index contributed by atoms with van der Waals surface area (Å²) in [6.45, 7) is 1.63. The molecule has 106 valence electrons. The quantitative estimate of drug-likeness (QED) is 0.782. The van der Waals surface area contributed by atoms with E-state index in [-0.39, 0.29) is 12.0 Å². The summed E-state index contributed by atoms with van der Waals surface area (Å²) in [5, 5.41) is 4.03. The summed E-state index contributed by atoms with van der Waals surface area (Å²) in [6, 6.07) is 2.10. The second-order valence-electron chi connectivity index (χ2n) is 5.21. The summed E-state index contributed by atoms with van der Waals surface area (Å²) < 4.78 is 6.99. The molecule has 1 fully saturated rings. The number of likely N-dealkylation sites (tertiary alicyclic amines) is 1. The summed E-state index contributed by atoms with van der Waals surface area (Å²) in [5.41, 5.74) is 0.617. The smallest absolute Gasteiger partial charge is 0.271 e. The van der Waals surface area contributed by atoms with Gasteiger partial charge in [0, 0.05) is 46.5 Å². The molecular weight excluding hydrogens is 244 g/mol. The monoisotopic (exact) mass is 266 g/mol. The second kappa shape index (κ2) is 5.71. The Morgan fingerprint density at radius 3 is 2.84 bits per heavy atom. The fraction of sp³-hybridized carbons (Fsp3) is 0.692. The van der Waals surface area contributed by atoms with E-state index in [4.69, 9.17) is 4.74 Å². The Labute approximate surface area is 113 Å². The van der Waals surface area contributed by atoms with E-state index in [0.717, 1.165) is 13.0 Å². The van der Waals surface area contributed by atoms with E-state index in [0.29, 0.717) is 18.3 Å². The summed E-state index contributed by atoms with van der Waals surface area (Å²) in [4.78, 5) is 16.3. The molecule has 6 heteroatoms. The van der Waals surface area contributed by atoms with Crippen molar-refractivity contribution in [3.05, 3.63) is 18.0 Å². The molecule has 1 aliphatic heterocycles. The zero-order valence-corrected chi connectivity index (χ0v) is 12.0. The van der Waals surface area contributed by atoms with Gasteiger partial charge in [0.1, 0.15) is 5.69 Å². The molecular formula is C13H22N4O2. The van der Waals surface area contributed by atoms with Crippen molar-refractivity contribution >= 4 is 5.91 Å². The lowest BCUT2D eigenvalue weighted by molar-refractivity contribution is 0.0749. The molecule has 2 heterocycles. The van der Waals surface area contributed by atoms with Crippen LogP contribution >= 0.6 is 0 Å². The van der Waals surface area contributed by atoms with Crippen LogP contribution in [0.2, 0.25) is 0 Å². The molecule has 1 aliphatic rings. The Kier molecular flexibility index (Phi) is 4.21. The van der Waals surface area contributed by atoms with Crippen molar-refractivity contribution in [2.24, 2.45) is 7.05 Å². The number of aryl methyl sites for hydroxylation is 1. The second-order valence-corrected chi connectivity index (χ2v) is 5.21. The van der Waals surface area contributed by atoms with Crippen LogP contribution in [0, 0.1) is 0 Å². The van der Waals surface area contributed by atoms with Gasteiger partial charge in [-0.15, -0.1) is 0 Å². The van der Waals surface area contributed by atoms with Gasteiger partial charge in [-0.1, -0.05) is 0 Å². The fourth-order valence-electron chi connectivity index (χ4n) is 2.59. The highest BCUT2D eigenvalue weighted by Gasteiger charge is 2.31. The number of methoxy groups -OCH3 is 1. The van der Waals surface area contributed by atoms with Crippen molar-refractivity contribution in [2.45, 2.75) is 18.6 Å². The Morgan fingerprint density at radius 2 is 2.32 bits per heavy atom. The number of hydrogen-bond donors (Lipinski definition) is 0. The van der Waals surface area contributed by atoms with E-state index in [2.05, 4.69) is 17.0 Å². The maximum absolute atomic E-state index is 12.3. The third-order valence-corrected chi connectivity index (χ3v) is 3.85. The summed E-state index contributed by atoms with van der Waals surface area (Å²) in [7, 11) is 7.44. The number of ether oxygens (including phenoxy) is 1. The van der Waals surface area contributed by atoms with Gasteiger partial charge in [-0.3, -0.25) is 14.4 Å². The highest BCUT2D eigenvalue weighted by molar-refractivity contribution is 5.92. The van der Waals surface area contributed by atoms with Crippen LogP contribution in [0.5, 0.6) is 0 Å². The molecule has 0 radical (unpaired) electrons. The molecule has 6 nitrogen and oxygen atoms in total. The molecule has 0 bridgehead atoms. The molecule has 0 N–H and O–H groups in total. The molecule has 0 saturated carbocycles. The predicted octanol–water partition coefficient (Wildman–Crippen LogP) is 0.211. The normalized spacial score (nSPS) is 23.8. The van der Waals surface area contributed by atoms with E-state index in [1.54, 1.807) is 36.0 Å². The molecule has 1 saturated heterocycles. The van der Waals surface area contributed by atoms with E-state index in [1.165, 1.54) is 0 Å². The highest BCUT2D eigenvalue weighted by Crippen LogP contribution is 2.19. The van der Waals surface area contributed by atoms with Crippen molar-refractivity contribution in [2.75, 3.05) is 34.3 Å². The SMILES string of the molecule is CO[C@H]1C[C@@H](CN(C)C(=O)c2ccnn2C)N(C)C1. The number of aromatic nitrogens is 2. The lowest BCUT2D eigenvalue weighted by Crippen LogP contribution is -2.40. The number of hydrogen-bond acceptors (Lipinski definition) is 4. The van der Waals surface area contributed by atoms with Crippen molar-refractivity contribution in [3.63, 3.8) is 0 Å². The average Bonchev–Trinajstić information content (AvgIpc) is 2.95. The summed E-state index contributed by atoms with van der Waals surface area (Å²) >= 11 is 0. The third kappa shape index (κ3) is 2.96. The Morgan fingerprint density at radius 1 is 1.58 bits per heavy atom. The molecule has 0 aromatic carbocycles. The first-order valence-electron chi connectivity index (χ1n) is 6.49. The zero-order chi connectivity index (χ0) is 14.0. The Bertz CT molecular complexity index is 446. The van der Waals surface area contributed by atoms with Crippen LogP contribution < -0.4 is 0 Å². The third-order valence-electron chi connectivity index (χ3n) is 3.85. The van der Waals surface area contributed by atoms with E-state index >= 15 is 0 Å². The first kappa shape index (κ1) is 14.0. The largest absolute Gasteiger partial charge is 0.380 e.